The van der Waals surface area contributed by atoms with E-state index in [0.29, 0.717) is 17.8 Å². The van der Waals surface area contributed by atoms with Crippen LogP contribution >= 0.6 is 0 Å². The Bertz CT molecular complexity index is 522. The molecule has 20 heavy (non-hydrogen) atoms. The molecule has 0 unspecified atom stereocenters. The summed E-state index contributed by atoms with van der Waals surface area (Å²) in [6.45, 7) is 3.31. The molecule has 0 heterocycles. The number of benzene rings is 1. The molecule has 110 valence electrons. The number of anilines is 1. The summed E-state index contributed by atoms with van der Waals surface area (Å²) < 4.78 is 38.0. The highest BCUT2D eigenvalue weighted by molar-refractivity contribution is 5.74. The van der Waals surface area contributed by atoms with Crippen LogP contribution in [0.2, 0.25) is 0 Å². The van der Waals surface area contributed by atoms with Crippen LogP contribution in [0.3, 0.4) is 0 Å². The molecule has 1 aromatic rings. The summed E-state index contributed by atoms with van der Waals surface area (Å²) in [6, 6.07) is 4.52. The molecule has 0 bridgehead atoms. The summed E-state index contributed by atoms with van der Waals surface area (Å²) in [4.78, 5) is 11.2. The van der Waals surface area contributed by atoms with Gasteiger partial charge in [-0.3, -0.25) is 9.80 Å². The number of allylic oxidation sites excluding steroid dienone is 2. The van der Waals surface area contributed by atoms with Crippen LogP contribution in [0.15, 0.2) is 35.7 Å². The average molecular weight is 287 g/mol. The Morgan fingerprint density at radius 1 is 1.30 bits per heavy atom. The molecule has 1 aromatic carbocycles. The van der Waals surface area contributed by atoms with Crippen molar-refractivity contribution in [2.75, 3.05) is 12.1 Å². The van der Waals surface area contributed by atoms with E-state index >= 15 is 0 Å². The van der Waals surface area contributed by atoms with E-state index in [9.17, 15) is 18.0 Å². The number of hydrogen-bond donors (Lipinski definition) is 1. The van der Waals surface area contributed by atoms with Gasteiger partial charge in [0.2, 0.25) is 6.41 Å². The van der Waals surface area contributed by atoms with Gasteiger partial charge in [-0.2, -0.15) is 13.2 Å². The first-order chi connectivity index (χ1) is 9.18. The lowest BCUT2D eigenvalue weighted by atomic mass is 10.2. The molecule has 7 heteroatoms. The number of hydrazine groups is 1. The van der Waals surface area contributed by atoms with Crippen LogP contribution in [0.4, 0.5) is 18.9 Å². The Labute approximate surface area is 115 Å². The maximum Gasteiger partial charge on any atom is 0.416 e. The van der Waals surface area contributed by atoms with Crippen LogP contribution < -0.4 is 10.7 Å². The second-order valence-electron chi connectivity index (χ2n) is 4.29. The van der Waals surface area contributed by atoms with Crippen LogP contribution in [-0.2, 0) is 11.0 Å². The minimum absolute atomic E-state index is 0.109. The van der Waals surface area contributed by atoms with Gasteiger partial charge in [-0.05, 0) is 32.0 Å². The molecule has 0 aromatic heterocycles. The molecule has 0 atom stereocenters. The van der Waals surface area contributed by atoms with Crippen LogP contribution in [0.1, 0.15) is 19.4 Å². The van der Waals surface area contributed by atoms with Crippen LogP contribution in [0, 0.1) is 0 Å². The second kappa shape index (κ2) is 5.85. The highest BCUT2D eigenvalue weighted by atomic mass is 19.4. The smallest absolute Gasteiger partial charge is 0.401 e. The standard InChI is InChI=1S/C13H16F3N3O/c1-9(17)10(2)18(3)19(8-20)12-6-4-5-11(7-12)13(14,15)16/h4-8H,17H2,1-3H3/b10-9+. The van der Waals surface area contributed by atoms with Gasteiger partial charge in [-0.15, -0.1) is 0 Å². The number of amides is 1. The van der Waals surface area contributed by atoms with Crippen molar-refractivity contribution in [3.63, 3.8) is 0 Å². The Morgan fingerprint density at radius 3 is 2.35 bits per heavy atom. The molecule has 2 N–H and O–H groups in total. The molecule has 0 aliphatic heterocycles. The fraction of sp³-hybridized carbons (Fsp3) is 0.308. The number of carbonyl (C=O) groups excluding carboxylic acids is 1. The lowest BCUT2D eigenvalue weighted by Gasteiger charge is -2.31. The Balaban J connectivity index is 3.20. The largest absolute Gasteiger partial charge is 0.416 e. The predicted octanol–water partition coefficient (Wildman–Crippen LogP) is 2.73. The van der Waals surface area contributed by atoms with Crippen molar-refractivity contribution in [3.8, 4) is 0 Å². The van der Waals surface area contributed by atoms with Gasteiger partial charge in [0.05, 0.1) is 16.9 Å². The molecule has 0 aliphatic rings. The van der Waals surface area contributed by atoms with Crippen molar-refractivity contribution in [2.45, 2.75) is 20.0 Å². The van der Waals surface area contributed by atoms with E-state index in [0.717, 1.165) is 17.1 Å². The fourth-order valence-corrected chi connectivity index (χ4v) is 1.55. The Kier molecular flexibility index (Phi) is 4.65. The summed E-state index contributed by atoms with van der Waals surface area (Å²) in [6.07, 6.45) is -4.03. The van der Waals surface area contributed by atoms with Crippen molar-refractivity contribution in [1.29, 1.82) is 0 Å². The van der Waals surface area contributed by atoms with Gasteiger partial charge in [0.25, 0.3) is 0 Å². The first-order valence-corrected chi connectivity index (χ1v) is 5.77. The van der Waals surface area contributed by atoms with Crippen molar-refractivity contribution in [1.82, 2.24) is 5.01 Å². The molecule has 0 aliphatic carbocycles. The van der Waals surface area contributed by atoms with E-state index in [1.807, 2.05) is 0 Å². The molecule has 1 amide bonds. The summed E-state index contributed by atoms with van der Waals surface area (Å²) in [5.74, 6) is 0. The maximum absolute atomic E-state index is 12.7. The Morgan fingerprint density at radius 2 is 1.90 bits per heavy atom. The molecule has 0 saturated carbocycles. The first kappa shape index (κ1) is 15.9. The molecule has 0 spiro atoms. The monoisotopic (exact) mass is 287 g/mol. The third-order valence-electron chi connectivity index (χ3n) is 2.92. The van der Waals surface area contributed by atoms with Crippen molar-refractivity contribution in [3.05, 3.63) is 41.2 Å². The number of carbonyl (C=O) groups is 1. The number of nitrogens with zero attached hydrogens (tertiary/aromatic N) is 2. The summed E-state index contributed by atoms with van der Waals surface area (Å²) in [7, 11) is 1.54. The Hall–Kier alpha value is -2.18. The van der Waals surface area contributed by atoms with Gasteiger partial charge in [0, 0.05) is 12.7 Å². The molecule has 0 radical (unpaired) electrons. The molecule has 0 saturated heterocycles. The zero-order valence-corrected chi connectivity index (χ0v) is 11.4. The highest BCUT2D eigenvalue weighted by Gasteiger charge is 2.31. The van der Waals surface area contributed by atoms with Crippen molar-refractivity contribution in [2.24, 2.45) is 5.73 Å². The zero-order valence-electron chi connectivity index (χ0n) is 11.4. The quantitative estimate of drug-likeness (QED) is 0.684. The minimum Gasteiger partial charge on any atom is -0.401 e. The lowest BCUT2D eigenvalue weighted by Crippen LogP contribution is -2.38. The third-order valence-corrected chi connectivity index (χ3v) is 2.92. The van der Waals surface area contributed by atoms with E-state index in [-0.39, 0.29) is 5.69 Å². The van der Waals surface area contributed by atoms with E-state index in [1.54, 1.807) is 20.9 Å². The zero-order chi connectivity index (χ0) is 15.5. The SMILES string of the molecule is C/C(N)=C(/C)N(C)N(C=O)c1cccc(C(F)(F)F)c1. The van der Waals surface area contributed by atoms with Crippen LogP contribution in [0.5, 0.6) is 0 Å². The van der Waals surface area contributed by atoms with Crippen LogP contribution in [0.25, 0.3) is 0 Å². The predicted molar refractivity (Wildman–Crippen MR) is 70.3 cm³/mol. The number of hydrogen-bond acceptors (Lipinski definition) is 3. The van der Waals surface area contributed by atoms with Gasteiger partial charge < -0.3 is 5.73 Å². The van der Waals surface area contributed by atoms with E-state index < -0.39 is 11.7 Å². The van der Waals surface area contributed by atoms with Gasteiger partial charge >= 0.3 is 6.18 Å². The van der Waals surface area contributed by atoms with E-state index in [4.69, 9.17) is 5.73 Å². The average Bonchev–Trinajstić information content (AvgIpc) is 2.37. The van der Waals surface area contributed by atoms with E-state index in [2.05, 4.69) is 0 Å². The topological polar surface area (TPSA) is 49.6 Å². The normalized spacial score (nSPS) is 12.7. The highest BCUT2D eigenvalue weighted by Crippen LogP contribution is 2.31. The van der Waals surface area contributed by atoms with Gasteiger partial charge in [0.15, 0.2) is 0 Å². The van der Waals surface area contributed by atoms with Gasteiger partial charge in [-0.1, -0.05) is 6.07 Å². The van der Waals surface area contributed by atoms with Crippen molar-refractivity contribution >= 4 is 12.1 Å². The fourth-order valence-electron chi connectivity index (χ4n) is 1.55. The lowest BCUT2D eigenvalue weighted by molar-refractivity contribution is -0.137. The summed E-state index contributed by atoms with van der Waals surface area (Å²) in [5.41, 5.74) is 5.94. The molecule has 4 nitrogen and oxygen atoms in total. The third kappa shape index (κ3) is 3.43. The second-order valence-corrected chi connectivity index (χ2v) is 4.29. The first-order valence-electron chi connectivity index (χ1n) is 5.77. The van der Waals surface area contributed by atoms with Crippen LogP contribution in [-0.4, -0.2) is 18.5 Å². The maximum atomic E-state index is 12.7. The molecular formula is C13H16F3N3O. The number of halogens is 3. The van der Waals surface area contributed by atoms with Gasteiger partial charge in [0.1, 0.15) is 0 Å². The van der Waals surface area contributed by atoms with Gasteiger partial charge in [-0.25, -0.2) is 5.01 Å². The molecule has 1 rings (SSSR count). The van der Waals surface area contributed by atoms with Crippen molar-refractivity contribution < 1.29 is 18.0 Å². The summed E-state index contributed by atoms with van der Waals surface area (Å²) in [5, 5.41) is 2.44. The molecule has 0 fully saturated rings. The number of nitrogens with two attached hydrogens (primary N) is 1. The molecular weight excluding hydrogens is 271 g/mol. The van der Waals surface area contributed by atoms with E-state index in [1.165, 1.54) is 17.1 Å². The summed E-state index contributed by atoms with van der Waals surface area (Å²) >= 11 is 0. The number of alkyl halides is 3. The minimum atomic E-state index is -4.46. The number of rotatable bonds is 4.